The molecule has 0 aliphatic carbocycles. The molecule has 0 spiro atoms. The van der Waals surface area contributed by atoms with Gasteiger partial charge in [0, 0.05) is 33.9 Å². The van der Waals surface area contributed by atoms with Crippen molar-refractivity contribution < 1.29 is 4.79 Å². The zero-order valence-electron chi connectivity index (χ0n) is 13.6. The number of amides is 1. The van der Waals surface area contributed by atoms with Crippen LogP contribution in [-0.2, 0) is 4.79 Å². The summed E-state index contributed by atoms with van der Waals surface area (Å²) >= 11 is 11.6. The van der Waals surface area contributed by atoms with Crippen LogP contribution in [0.15, 0.2) is 27.5 Å². The summed E-state index contributed by atoms with van der Waals surface area (Å²) in [6.07, 6.45) is 0. The fourth-order valence-electron chi connectivity index (χ4n) is 1.91. The third-order valence-corrected chi connectivity index (χ3v) is 3.68. The zero-order valence-corrected chi connectivity index (χ0v) is 15.1. The maximum Gasteiger partial charge on any atom is 0.243 e. The Hall–Kier alpha value is -2.95. The molecule has 1 aromatic rings. The molecule has 0 radical (unpaired) electrons. The summed E-state index contributed by atoms with van der Waals surface area (Å²) in [6, 6.07) is 0.844. The van der Waals surface area contributed by atoms with Crippen molar-refractivity contribution in [3.63, 3.8) is 0 Å². The van der Waals surface area contributed by atoms with Crippen LogP contribution in [0.25, 0.3) is 31.3 Å². The molecule has 0 fully saturated rings. The van der Waals surface area contributed by atoms with E-state index in [1.807, 2.05) is 0 Å². The van der Waals surface area contributed by atoms with E-state index in [-0.39, 0.29) is 35.6 Å². The van der Waals surface area contributed by atoms with E-state index in [0.29, 0.717) is 0 Å². The SMILES string of the molecule is [N-]=[N+]=NCC(CN=[N+]=[N-])N(N)[C@H](CN=[N+]=[N-])C(=O)Nc1ccc(Cl)nc1Cl. The summed E-state index contributed by atoms with van der Waals surface area (Å²) in [5.41, 5.74) is 25.7. The number of nitrogens with two attached hydrogens (primary N) is 1. The van der Waals surface area contributed by atoms with Crippen molar-refractivity contribution in [1.29, 1.82) is 0 Å². The smallest absolute Gasteiger partial charge is 0.243 e. The number of anilines is 1. The summed E-state index contributed by atoms with van der Waals surface area (Å²) in [7, 11) is 0. The van der Waals surface area contributed by atoms with Gasteiger partial charge in [-0.15, -0.1) is 0 Å². The van der Waals surface area contributed by atoms with Crippen LogP contribution in [0.5, 0.6) is 0 Å². The molecule has 0 aromatic carbocycles. The Labute approximate surface area is 162 Å². The minimum Gasteiger partial charge on any atom is -0.322 e. The van der Waals surface area contributed by atoms with Gasteiger partial charge in [0.05, 0.1) is 12.2 Å². The van der Waals surface area contributed by atoms with Crippen molar-refractivity contribution in [3.05, 3.63) is 53.8 Å². The molecule has 1 atom stereocenters. The number of hydrogen-bond donors (Lipinski definition) is 2. The molecule has 1 heterocycles. The molecule has 0 saturated carbocycles. The van der Waals surface area contributed by atoms with Crippen LogP contribution >= 0.6 is 23.2 Å². The van der Waals surface area contributed by atoms with Gasteiger partial charge in [-0.2, -0.15) is 0 Å². The van der Waals surface area contributed by atoms with Crippen LogP contribution < -0.4 is 11.2 Å². The predicted molar refractivity (Wildman–Crippen MR) is 98.5 cm³/mol. The fourth-order valence-corrected chi connectivity index (χ4v) is 2.30. The summed E-state index contributed by atoms with van der Waals surface area (Å²) in [6.45, 7) is -0.717. The molecule has 0 aliphatic heterocycles. The van der Waals surface area contributed by atoms with Crippen molar-refractivity contribution in [1.82, 2.24) is 9.99 Å². The van der Waals surface area contributed by atoms with Gasteiger partial charge in [-0.25, -0.2) is 9.99 Å². The second-order valence-corrected chi connectivity index (χ2v) is 5.56. The van der Waals surface area contributed by atoms with Gasteiger partial charge in [-0.05, 0) is 28.7 Å². The number of aromatic nitrogens is 1. The number of hydrogen-bond acceptors (Lipinski definition) is 7. The van der Waals surface area contributed by atoms with Gasteiger partial charge in [-0.3, -0.25) is 10.6 Å². The summed E-state index contributed by atoms with van der Waals surface area (Å²) in [5.74, 6) is 5.28. The minimum absolute atomic E-state index is 0.0540. The monoisotopic (exact) mass is 413 g/mol. The molecule has 142 valence electrons. The lowest BCUT2D eigenvalue weighted by molar-refractivity contribution is -0.121. The summed E-state index contributed by atoms with van der Waals surface area (Å²) in [5, 5.41) is 13.7. The number of nitrogens with one attached hydrogen (secondary N) is 1. The second kappa shape index (κ2) is 11.6. The molecule has 1 rings (SSSR count). The highest BCUT2D eigenvalue weighted by molar-refractivity contribution is 6.34. The largest absolute Gasteiger partial charge is 0.322 e. The Morgan fingerprint density at radius 2 is 1.70 bits per heavy atom. The van der Waals surface area contributed by atoms with E-state index in [2.05, 4.69) is 40.4 Å². The topological polar surface area (TPSA) is 218 Å². The highest BCUT2D eigenvalue weighted by atomic mass is 35.5. The summed E-state index contributed by atoms with van der Waals surface area (Å²) < 4.78 is 0. The van der Waals surface area contributed by atoms with Crippen molar-refractivity contribution >= 4 is 34.8 Å². The number of carbonyl (C=O) groups is 1. The van der Waals surface area contributed by atoms with Crippen LogP contribution in [0.2, 0.25) is 10.3 Å². The number of rotatable bonds is 10. The number of halogens is 2. The maximum atomic E-state index is 12.6. The highest BCUT2D eigenvalue weighted by Gasteiger charge is 2.29. The van der Waals surface area contributed by atoms with Crippen molar-refractivity contribution in [2.75, 3.05) is 25.0 Å². The van der Waals surface area contributed by atoms with Crippen LogP contribution in [0.1, 0.15) is 0 Å². The first-order chi connectivity index (χ1) is 12.9. The second-order valence-electron chi connectivity index (χ2n) is 4.82. The number of carbonyl (C=O) groups excluding carboxylic acids is 1. The van der Waals surface area contributed by atoms with Gasteiger partial charge in [0.15, 0.2) is 5.15 Å². The molecule has 1 amide bonds. The van der Waals surface area contributed by atoms with Gasteiger partial charge in [0.2, 0.25) is 5.91 Å². The number of nitrogens with zero attached hydrogens (tertiary/aromatic N) is 11. The van der Waals surface area contributed by atoms with Gasteiger partial charge < -0.3 is 5.32 Å². The average molecular weight is 414 g/mol. The Balaban J connectivity index is 3.08. The molecule has 0 bridgehead atoms. The Morgan fingerprint density at radius 1 is 1.15 bits per heavy atom. The molecule has 0 aliphatic rings. The van der Waals surface area contributed by atoms with Gasteiger partial charge in [0.25, 0.3) is 0 Å². The molecule has 14 nitrogen and oxygen atoms in total. The predicted octanol–water partition coefficient (Wildman–Crippen LogP) is 3.17. The van der Waals surface area contributed by atoms with E-state index < -0.39 is 18.0 Å². The van der Waals surface area contributed by atoms with E-state index in [9.17, 15) is 4.79 Å². The minimum atomic E-state index is -1.18. The van der Waals surface area contributed by atoms with Gasteiger partial charge >= 0.3 is 0 Å². The van der Waals surface area contributed by atoms with E-state index in [0.717, 1.165) is 5.01 Å². The molecule has 3 N–H and O–H groups in total. The number of azide groups is 3. The molecule has 27 heavy (non-hydrogen) atoms. The van der Waals surface area contributed by atoms with Gasteiger partial charge in [-0.1, -0.05) is 38.5 Å². The standard InChI is InChI=1S/C11H13Cl2N13O/c12-9-2-1-7(10(13)22-9)21-11(27)8(5-20-25-16)26(17)6(3-18-23-14)4-19-24-15/h1-2,6,8H,3-5,17H2,(H,21,27)/t8-/m1/s1. The van der Waals surface area contributed by atoms with Crippen molar-refractivity contribution in [3.8, 4) is 0 Å². The quantitative estimate of drug-likeness (QED) is 0.147. The lowest BCUT2D eigenvalue weighted by Gasteiger charge is -2.31. The average Bonchev–Trinajstić information content (AvgIpc) is 2.64. The van der Waals surface area contributed by atoms with Crippen molar-refractivity contribution in [2.45, 2.75) is 12.1 Å². The van der Waals surface area contributed by atoms with E-state index in [1.165, 1.54) is 12.1 Å². The highest BCUT2D eigenvalue weighted by Crippen LogP contribution is 2.22. The van der Waals surface area contributed by atoms with Crippen LogP contribution in [-0.4, -0.2) is 47.6 Å². The molecule has 16 heteroatoms. The Kier molecular flexibility index (Phi) is 9.51. The van der Waals surface area contributed by atoms with E-state index in [4.69, 9.17) is 45.6 Å². The Morgan fingerprint density at radius 3 is 2.22 bits per heavy atom. The molecular weight excluding hydrogens is 401 g/mol. The first-order valence-corrected chi connectivity index (χ1v) is 7.88. The van der Waals surface area contributed by atoms with Crippen LogP contribution in [0.4, 0.5) is 5.69 Å². The fraction of sp³-hybridized carbons (Fsp3) is 0.455. The number of pyridine rings is 1. The first kappa shape index (κ1) is 22.1. The summed E-state index contributed by atoms with van der Waals surface area (Å²) in [4.78, 5) is 24.2. The maximum absolute atomic E-state index is 12.6. The van der Waals surface area contributed by atoms with Gasteiger partial charge in [0.1, 0.15) is 11.2 Å². The van der Waals surface area contributed by atoms with E-state index in [1.54, 1.807) is 0 Å². The lowest BCUT2D eigenvalue weighted by Crippen LogP contribution is -2.56. The van der Waals surface area contributed by atoms with Crippen LogP contribution in [0, 0.1) is 0 Å². The lowest BCUT2D eigenvalue weighted by atomic mass is 10.2. The first-order valence-electron chi connectivity index (χ1n) is 7.13. The third-order valence-electron chi connectivity index (χ3n) is 3.19. The van der Waals surface area contributed by atoms with Crippen molar-refractivity contribution in [2.24, 2.45) is 21.2 Å². The van der Waals surface area contributed by atoms with Crippen LogP contribution in [0.3, 0.4) is 0 Å². The third kappa shape index (κ3) is 7.05. The molecule has 0 unspecified atom stereocenters. The Bertz CT molecular complexity index is 792. The normalized spacial score (nSPS) is 12.1. The van der Waals surface area contributed by atoms with E-state index >= 15 is 0 Å². The molecule has 0 saturated heterocycles. The zero-order chi connectivity index (χ0) is 20.2. The molecule has 1 aromatic heterocycles. The molecular formula is C11H13Cl2N13O. The number of hydrazine groups is 1.